The highest BCUT2D eigenvalue weighted by Crippen LogP contribution is 2.17. The quantitative estimate of drug-likeness (QED) is 0.861. The van der Waals surface area contributed by atoms with Gasteiger partial charge in [0.1, 0.15) is 5.82 Å². The van der Waals surface area contributed by atoms with Crippen LogP contribution in [0.2, 0.25) is 0 Å². The molecule has 0 fully saturated rings. The molecular weight excluding hydrogens is 237 g/mol. The van der Waals surface area contributed by atoms with E-state index in [-0.39, 0.29) is 11.9 Å². The van der Waals surface area contributed by atoms with Crippen molar-refractivity contribution >= 4 is 0 Å². The van der Waals surface area contributed by atoms with E-state index in [1.54, 1.807) is 6.07 Å². The van der Waals surface area contributed by atoms with Gasteiger partial charge in [0.15, 0.2) is 0 Å². The van der Waals surface area contributed by atoms with E-state index < -0.39 is 0 Å². The van der Waals surface area contributed by atoms with Crippen molar-refractivity contribution in [2.24, 2.45) is 0 Å². The molecule has 2 heteroatoms. The second-order valence-electron chi connectivity index (χ2n) is 5.05. The van der Waals surface area contributed by atoms with Crippen LogP contribution in [0.15, 0.2) is 42.5 Å². The summed E-state index contributed by atoms with van der Waals surface area (Å²) < 4.78 is 13.7. The van der Waals surface area contributed by atoms with Crippen molar-refractivity contribution in [2.75, 3.05) is 0 Å². The molecule has 2 aromatic carbocycles. The molecule has 0 bridgehead atoms. The lowest BCUT2D eigenvalue weighted by atomic mass is 10.0. The maximum Gasteiger partial charge on any atom is 0.127 e. The van der Waals surface area contributed by atoms with Crippen molar-refractivity contribution in [3.63, 3.8) is 0 Å². The minimum Gasteiger partial charge on any atom is -0.306 e. The maximum absolute atomic E-state index is 13.7. The molecule has 0 aromatic heterocycles. The Hall–Kier alpha value is -1.67. The molecule has 19 heavy (non-hydrogen) atoms. The smallest absolute Gasteiger partial charge is 0.127 e. The number of nitrogens with one attached hydrogen (secondary N) is 1. The molecule has 0 saturated heterocycles. The first-order chi connectivity index (χ1) is 9.08. The highest BCUT2D eigenvalue weighted by molar-refractivity contribution is 5.30. The SMILES string of the molecule is Cc1ccc(C)c(CN[C@H](C)c2ccccc2F)c1. The van der Waals surface area contributed by atoms with Crippen molar-refractivity contribution in [3.8, 4) is 0 Å². The van der Waals surface area contributed by atoms with Gasteiger partial charge in [-0.25, -0.2) is 4.39 Å². The van der Waals surface area contributed by atoms with E-state index >= 15 is 0 Å². The van der Waals surface area contributed by atoms with Gasteiger partial charge < -0.3 is 5.32 Å². The fraction of sp³-hybridized carbons (Fsp3) is 0.294. The predicted octanol–water partition coefficient (Wildman–Crippen LogP) is 4.29. The van der Waals surface area contributed by atoms with Crippen LogP contribution in [0.4, 0.5) is 4.39 Å². The fourth-order valence-electron chi connectivity index (χ4n) is 2.19. The molecule has 0 unspecified atom stereocenters. The van der Waals surface area contributed by atoms with Gasteiger partial charge in [-0.3, -0.25) is 0 Å². The molecule has 0 aliphatic rings. The average Bonchev–Trinajstić information content (AvgIpc) is 2.40. The zero-order valence-corrected chi connectivity index (χ0v) is 11.7. The molecule has 1 N–H and O–H groups in total. The molecule has 1 nitrogen and oxygen atoms in total. The summed E-state index contributed by atoms with van der Waals surface area (Å²) in [6.07, 6.45) is 0. The third-order valence-corrected chi connectivity index (χ3v) is 3.48. The summed E-state index contributed by atoms with van der Waals surface area (Å²) in [7, 11) is 0. The Morgan fingerprint density at radius 2 is 1.84 bits per heavy atom. The second-order valence-corrected chi connectivity index (χ2v) is 5.05. The Morgan fingerprint density at radius 3 is 2.58 bits per heavy atom. The third-order valence-electron chi connectivity index (χ3n) is 3.48. The zero-order chi connectivity index (χ0) is 13.8. The summed E-state index contributed by atoms with van der Waals surface area (Å²) in [5.74, 6) is -0.150. The summed E-state index contributed by atoms with van der Waals surface area (Å²) in [5, 5.41) is 3.38. The normalized spacial score (nSPS) is 12.4. The average molecular weight is 257 g/mol. The van der Waals surface area contributed by atoms with Crippen molar-refractivity contribution < 1.29 is 4.39 Å². The number of hydrogen-bond donors (Lipinski definition) is 1. The van der Waals surface area contributed by atoms with Gasteiger partial charge >= 0.3 is 0 Å². The number of aryl methyl sites for hydroxylation is 2. The maximum atomic E-state index is 13.7. The first-order valence-electron chi connectivity index (χ1n) is 6.62. The van der Waals surface area contributed by atoms with Crippen molar-refractivity contribution in [1.82, 2.24) is 5.32 Å². The minimum atomic E-state index is -0.150. The highest BCUT2D eigenvalue weighted by Gasteiger charge is 2.10. The van der Waals surface area contributed by atoms with E-state index in [0.717, 1.165) is 6.54 Å². The summed E-state index contributed by atoms with van der Waals surface area (Å²) in [5.41, 5.74) is 4.50. The molecule has 0 amide bonds. The van der Waals surface area contributed by atoms with Gasteiger partial charge in [0.25, 0.3) is 0 Å². The minimum absolute atomic E-state index is 0.00103. The molecule has 100 valence electrons. The number of halogens is 1. The van der Waals surface area contributed by atoms with Gasteiger partial charge in [-0.15, -0.1) is 0 Å². The first kappa shape index (κ1) is 13.8. The molecule has 1 atom stereocenters. The fourth-order valence-corrected chi connectivity index (χ4v) is 2.19. The van der Waals surface area contributed by atoms with E-state index in [0.29, 0.717) is 5.56 Å². The largest absolute Gasteiger partial charge is 0.306 e. The van der Waals surface area contributed by atoms with Crippen molar-refractivity contribution in [2.45, 2.75) is 33.4 Å². The highest BCUT2D eigenvalue weighted by atomic mass is 19.1. The van der Waals surface area contributed by atoms with Crippen LogP contribution in [0.25, 0.3) is 0 Å². The van der Waals surface area contributed by atoms with Crippen LogP contribution >= 0.6 is 0 Å². The zero-order valence-electron chi connectivity index (χ0n) is 11.7. The molecule has 0 radical (unpaired) electrons. The molecule has 0 saturated carbocycles. The Morgan fingerprint density at radius 1 is 1.11 bits per heavy atom. The van der Waals surface area contributed by atoms with E-state index in [1.165, 1.54) is 22.8 Å². The number of benzene rings is 2. The van der Waals surface area contributed by atoms with Crippen LogP contribution in [0.1, 0.15) is 35.2 Å². The van der Waals surface area contributed by atoms with Crippen LogP contribution in [0.3, 0.4) is 0 Å². The standard InChI is InChI=1S/C17H20FN/c1-12-8-9-13(2)15(10-12)11-19-14(3)16-6-4-5-7-17(16)18/h4-10,14,19H,11H2,1-3H3/t14-/m1/s1. The Labute approximate surface area is 114 Å². The van der Waals surface area contributed by atoms with Gasteiger partial charge in [0, 0.05) is 18.2 Å². The summed E-state index contributed by atoms with van der Waals surface area (Å²) >= 11 is 0. The van der Waals surface area contributed by atoms with Crippen LogP contribution in [0.5, 0.6) is 0 Å². The molecule has 0 aliphatic carbocycles. The van der Waals surface area contributed by atoms with Gasteiger partial charge in [-0.2, -0.15) is 0 Å². The van der Waals surface area contributed by atoms with Crippen LogP contribution in [-0.2, 0) is 6.54 Å². The third kappa shape index (κ3) is 3.42. The first-order valence-corrected chi connectivity index (χ1v) is 6.62. The van der Waals surface area contributed by atoms with E-state index in [2.05, 4.69) is 37.4 Å². The monoisotopic (exact) mass is 257 g/mol. The molecule has 0 spiro atoms. The number of hydrogen-bond acceptors (Lipinski definition) is 1. The van der Waals surface area contributed by atoms with Crippen molar-refractivity contribution in [3.05, 3.63) is 70.5 Å². The van der Waals surface area contributed by atoms with Gasteiger partial charge in [0.2, 0.25) is 0 Å². The lowest BCUT2D eigenvalue weighted by Crippen LogP contribution is -2.19. The second kappa shape index (κ2) is 5.98. The molecule has 2 rings (SSSR count). The van der Waals surface area contributed by atoms with E-state index in [4.69, 9.17) is 0 Å². The van der Waals surface area contributed by atoms with E-state index in [9.17, 15) is 4.39 Å². The molecule has 2 aromatic rings. The van der Waals surface area contributed by atoms with Gasteiger partial charge in [-0.05, 0) is 38.0 Å². The lowest BCUT2D eigenvalue weighted by molar-refractivity contribution is 0.527. The molecule has 0 heterocycles. The Balaban J connectivity index is 2.06. The molecular formula is C17H20FN. The lowest BCUT2D eigenvalue weighted by Gasteiger charge is -2.16. The van der Waals surface area contributed by atoms with Crippen LogP contribution in [-0.4, -0.2) is 0 Å². The predicted molar refractivity (Wildman–Crippen MR) is 77.6 cm³/mol. The Bertz CT molecular complexity index is 563. The van der Waals surface area contributed by atoms with Crippen molar-refractivity contribution in [1.29, 1.82) is 0 Å². The summed E-state index contributed by atoms with van der Waals surface area (Å²) in [6.45, 7) is 6.93. The molecule has 0 aliphatic heterocycles. The van der Waals surface area contributed by atoms with Gasteiger partial charge in [0.05, 0.1) is 0 Å². The summed E-state index contributed by atoms with van der Waals surface area (Å²) in [6, 6.07) is 13.3. The van der Waals surface area contributed by atoms with Crippen LogP contribution < -0.4 is 5.32 Å². The van der Waals surface area contributed by atoms with E-state index in [1.807, 2.05) is 19.1 Å². The topological polar surface area (TPSA) is 12.0 Å². The summed E-state index contributed by atoms with van der Waals surface area (Å²) in [4.78, 5) is 0. The van der Waals surface area contributed by atoms with Crippen LogP contribution in [0, 0.1) is 19.7 Å². The van der Waals surface area contributed by atoms with Gasteiger partial charge in [-0.1, -0.05) is 42.0 Å². The Kier molecular flexibility index (Phi) is 4.33. The number of rotatable bonds is 4.